The van der Waals surface area contributed by atoms with Crippen molar-refractivity contribution in [3.63, 3.8) is 0 Å². The number of hydrogen-bond acceptors (Lipinski definition) is 4. The zero-order valence-corrected chi connectivity index (χ0v) is 11.9. The zero-order chi connectivity index (χ0) is 14.1. The summed E-state index contributed by atoms with van der Waals surface area (Å²) in [6, 6.07) is 6.20. The van der Waals surface area contributed by atoms with Crippen LogP contribution in [0.2, 0.25) is 0 Å². The predicted octanol–water partition coefficient (Wildman–Crippen LogP) is 2.72. The third kappa shape index (κ3) is 2.32. The van der Waals surface area contributed by atoms with Crippen LogP contribution in [0.1, 0.15) is 30.0 Å². The molecule has 1 unspecified atom stereocenters. The average Bonchev–Trinajstić information content (AvgIpc) is 3.06. The summed E-state index contributed by atoms with van der Waals surface area (Å²) < 4.78 is 7.20. The van der Waals surface area contributed by atoms with E-state index in [2.05, 4.69) is 28.4 Å². The second kappa shape index (κ2) is 5.09. The van der Waals surface area contributed by atoms with Crippen LogP contribution in [0.3, 0.4) is 0 Å². The number of nitrogens with zero attached hydrogens (tertiary/aromatic N) is 3. The van der Waals surface area contributed by atoms with E-state index in [0.717, 1.165) is 34.6 Å². The van der Waals surface area contributed by atoms with Gasteiger partial charge in [-0.2, -0.15) is 5.10 Å². The number of rotatable bonds is 4. The van der Waals surface area contributed by atoms with Crippen LogP contribution in [-0.2, 0) is 13.6 Å². The van der Waals surface area contributed by atoms with Crippen LogP contribution in [-0.4, -0.2) is 14.8 Å². The Morgan fingerprint density at radius 3 is 3.05 bits per heavy atom. The molecule has 5 nitrogen and oxygen atoms in total. The van der Waals surface area contributed by atoms with Gasteiger partial charge in [-0.3, -0.25) is 4.68 Å². The number of furan rings is 1. The molecule has 5 heteroatoms. The first-order valence-electron chi connectivity index (χ1n) is 6.70. The van der Waals surface area contributed by atoms with Crippen LogP contribution in [0.4, 0.5) is 0 Å². The van der Waals surface area contributed by atoms with E-state index in [4.69, 9.17) is 4.42 Å². The maximum atomic E-state index is 5.38. The molecule has 1 atom stereocenters. The van der Waals surface area contributed by atoms with Gasteiger partial charge in [0.05, 0.1) is 18.0 Å². The van der Waals surface area contributed by atoms with Crippen molar-refractivity contribution in [1.82, 2.24) is 20.1 Å². The average molecular weight is 270 g/mol. The molecule has 0 aliphatic rings. The Kier molecular flexibility index (Phi) is 3.28. The molecule has 0 aliphatic carbocycles. The molecule has 0 saturated carbocycles. The Bertz CT molecular complexity index is 715. The van der Waals surface area contributed by atoms with Crippen molar-refractivity contribution in [2.24, 2.45) is 7.05 Å². The quantitative estimate of drug-likeness (QED) is 0.792. The number of pyridine rings is 1. The highest BCUT2D eigenvalue weighted by Gasteiger charge is 2.10. The molecule has 20 heavy (non-hydrogen) atoms. The molecule has 0 fully saturated rings. The van der Waals surface area contributed by atoms with Gasteiger partial charge in [-0.1, -0.05) is 0 Å². The van der Waals surface area contributed by atoms with Crippen molar-refractivity contribution in [3.05, 3.63) is 47.7 Å². The number of aromatic nitrogens is 3. The minimum absolute atomic E-state index is 0.177. The lowest BCUT2D eigenvalue weighted by molar-refractivity contribution is 0.430. The van der Waals surface area contributed by atoms with E-state index in [0.29, 0.717) is 0 Å². The number of fused-ring (bicyclic) bond motifs is 1. The first-order chi connectivity index (χ1) is 9.65. The summed E-state index contributed by atoms with van der Waals surface area (Å²) in [5, 5.41) is 8.93. The fraction of sp³-hybridized carbons (Fsp3) is 0.333. The van der Waals surface area contributed by atoms with E-state index in [1.54, 1.807) is 6.26 Å². The van der Waals surface area contributed by atoms with Crippen LogP contribution < -0.4 is 5.32 Å². The second-order valence-electron chi connectivity index (χ2n) is 5.04. The molecule has 0 aromatic carbocycles. The van der Waals surface area contributed by atoms with E-state index in [9.17, 15) is 0 Å². The first-order valence-corrected chi connectivity index (χ1v) is 6.70. The normalized spacial score (nSPS) is 12.9. The Hall–Kier alpha value is -2.14. The van der Waals surface area contributed by atoms with Gasteiger partial charge >= 0.3 is 0 Å². The monoisotopic (exact) mass is 270 g/mol. The second-order valence-corrected chi connectivity index (χ2v) is 5.04. The smallest absolute Gasteiger partial charge is 0.157 e. The fourth-order valence-corrected chi connectivity index (χ4v) is 2.36. The van der Waals surface area contributed by atoms with E-state index in [1.807, 2.05) is 37.0 Å². The third-order valence-electron chi connectivity index (χ3n) is 3.50. The van der Waals surface area contributed by atoms with Gasteiger partial charge in [0.1, 0.15) is 5.76 Å². The molecule has 3 aromatic rings. The lowest BCUT2D eigenvalue weighted by atomic mass is 10.2. The molecule has 3 aromatic heterocycles. The largest absolute Gasteiger partial charge is 0.468 e. The SMILES string of the molecule is Cc1nn(C)c2ncc(CNC(C)c3ccco3)cc12. The molecule has 3 rings (SSSR count). The summed E-state index contributed by atoms with van der Waals surface area (Å²) >= 11 is 0. The first kappa shape index (κ1) is 12.9. The van der Waals surface area contributed by atoms with E-state index in [-0.39, 0.29) is 6.04 Å². The molecule has 1 N–H and O–H groups in total. The zero-order valence-electron chi connectivity index (χ0n) is 11.9. The maximum absolute atomic E-state index is 5.38. The summed E-state index contributed by atoms with van der Waals surface area (Å²) in [6.07, 6.45) is 3.59. The highest BCUT2D eigenvalue weighted by molar-refractivity contribution is 5.78. The van der Waals surface area contributed by atoms with Crippen molar-refractivity contribution >= 4 is 11.0 Å². The molecule has 0 saturated heterocycles. The number of hydrogen-bond donors (Lipinski definition) is 1. The van der Waals surface area contributed by atoms with Crippen LogP contribution in [0.15, 0.2) is 35.1 Å². The van der Waals surface area contributed by atoms with Gasteiger partial charge in [0, 0.05) is 25.2 Å². The van der Waals surface area contributed by atoms with Gasteiger partial charge in [0.25, 0.3) is 0 Å². The lowest BCUT2D eigenvalue weighted by Crippen LogP contribution is -2.17. The Labute approximate surface area is 117 Å². The minimum Gasteiger partial charge on any atom is -0.468 e. The molecule has 3 heterocycles. The molecule has 0 radical (unpaired) electrons. The van der Waals surface area contributed by atoms with Gasteiger partial charge in [-0.15, -0.1) is 0 Å². The summed E-state index contributed by atoms with van der Waals surface area (Å²) in [7, 11) is 1.92. The van der Waals surface area contributed by atoms with Gasteiger partial charge in [-0.05, 0) is 37.6 Å². The Morgan fingerprint density at radius 1 is 1.45 bits per heavy atom. The van der Waals surface area contributed by atoms with Gasteiger partial charge in [0.15, 0.2) is 5.65 Å². The fourth-order valence-electron chi connectivity index (χ4n) is 2.36. The van der Waals surface area contributed by atoms with Crippen LogP contribution in [0.25, 0.3) is 11.0 Å². The van der Waals surface area contributed by atoms with Crippen LogP contribution >= 0.6 is 0 Å². The summed E-state index contributed by atoms with van der Waals surface area (Å²) in [6.45, 7) is 4.84. The van der Waals surface area contributed by atoms with Crippen LogP contribution in [0.5, 0.6) is 0 Å². The van der Waals surface area contributed by atoms with Crippen molar-refractivity contribution in [3.8, 4) is 0 Å². The van der Waals surface area contributed by atoms with Gasteiger partial charge in [-0.25, -0.2) is 4.98 Å². The van der Waals surface area contributed by atoms with Gasteiger partial charge in [0.2, 0.25) is 0 Å². The van der Waals surface area contributed by atoms with E-state index >= 15 is 0 Å². The standard InChI is InChI=1S/C15H18N4O/c1-10-13-7-12(9-17-15(13)19(3)18-10)8-16-11(2)14-5-4-6-20-14/h4-7,9,11,16H,8H2,1-3H3. The molecule has 0 amide bonds. The molecular weight excluding hydrogens is 252 g/mol. The summed E-state index contributed by atoms with van der Waals surface area (Å²) in [5.74, 6) is 0.941. The van der Waals surface area contributed by atoms with Crippen LogP contribution in [0, 0.1) is 6.92 Å². The van der Waals surface area contributed by atoms with E-state index in [1.165, 1.54) is 0 Å². The summed E-state index contributed by atoms with van der Waals surface area (Å²) in [5.41, 5.74) is 3.08. The number of aryl methyl sites for hydroxylation is 2. The molecule has 0 aliphatic heterocycles. The van der Waals surface area contributed by atoms with Crippen molar-refractivity contribution < 1.29 is 4.42 Å². The highest BCUT2D eigenvalue weighted by atomic mass is 16.3. The van der Waals surface area contributed by atoms with Crippen molar-refractivity contribution in [2.75, 3.05) is 0 Å². The Balaban J connectivity index is 1.76. The number of nitrogens with one attached hydrogen (secondary N) is 1. The van der Waals surface area contributed by atoms with Crippen molar-refractivity contribution in [1.29, 1.82) is 0 Å². The Morgan fingerprint density at radius 2 is 2.30 bits per heavy atom. The molecule has 0 bridgehead atoms. The molecule has 104 valence electrons. The lowest BCUT2D eigenvalue weighted by Gasteiger charge is -2.11. The highest BCUT2D eigenvalue weighted by Crippen LogP contribution is 2.18. The van der Waals surface area contributed by atoms with Gasteiger partial charge < -0.3 is 9.73 Å². The topological polar surface area (TPSA) is 55.9 Å². The third-order valence-corrected chi connectivity index (χ3v) is 3.50. The van der Waals surface area contributed by atoms with E-state index < -0.39 is 0 Å². The molecular formula is C15H18N4O. The van der Waals surface area contributed by atoms with Crippen molar-refractivity contribution in [2.45, 2.75) is 26.4 Å². The summed E-state index contributed by atoms with van der Waals surface area (Å²) in [4.78, 5) is 4.48. The minimum atomic E-state index is 0.177. The predicted molar refractivity (Wildman–Crippen MR) is 77.2 cm³/mol. The molecule has 0 spiro atoms. The maximum Gasteiger partial charge on any atom is 0.157 e.